The van der Waals surface area contributed by atoms with Crippen LogP contribution in [0.25, 0.3) is 0 Å². The average Bonchev–Trinajstić information content (AvgIpc) is 2.77. The van der Waals surface area contributed by atoms with Gasteiger partial charge in [0.2, 0.25) is 6.23 Å². The van der Waals surface area contributed by atoms with Gasteiger partial charge in [-0.1, -0.05) is 47.0 Å². The Morgan fingerprint density at radius 2 is 1.14 bits per heavy atom. The van der Waals surface area contributed by atoms with Gasteiger partial charge in [-0.2, -0.15) is 0 Å². The zero-order valence-corrected chi connectivity index (χ0v) is 24.8. The fraction of sp³-hybridized carbons (Fsp3) is 0.952. The Kier molecular flexibility index (Phi) is 15.7. The molecule has 0 aromatic heterocycles. The Bertz CT molecular complexity index is 586. The second kappa shape index (κ2) is 15.1. The molecule has 1 amide bonds. The van der Waals surface area contributed by atoms with Crippen LogP contribution in [0.3, 0.4) is 0 Å². The van der Waals surface area contributed by atoms with Crippen molar-refractivity contribution in [1.29, 1.82) is 0 Å². The Hall–Kier alpha value is -0.663. The van der Waals surface area contributed by atoms with E-state index in [-0.39, 0.29) is 11.9 Å². The minimum atomic E-state index is -10.7. The number of halogens is 6. The van der Waals surface area contributed by atoms with Crippen molar-refractivity contribution in [1.82, 2.24) is 5.32 Å². The van der Waals surface area contributed by atoms with Crippen molar-refractivity contribution < 1.29 is 52.5 Å². The van der Waals surface area contributed by atoms with Crippen molar-refractivity contribution in [2.45, 2.75) is 91.5 Å². The van der Waals surface area contributed by atoms with E-state index in [0.29, 0.717) is 6.42 Å². The van der Waals surface area contributed by atoms with Gasteiger partial charge >= 0.3 is 47.9 Å². The first kappa shape index (κ1) is 37.5. The van der Waals surface area contributed by atoms with Gasteiger partial charge in [-0.25, -0.2) is 4.79 Å². The number of quaternary nitrogens is 1. The first-order valence-corrected chi connectivity index (χ1v) is 16.2. The molecule has 2 atom stereocenters. The van der Waals surface area contributed by atoms with Crippen LogP contribution in [0.5, 0.6) is 0 Å². The molecule has 0 aromatic rings. The summed E-state index contributed by atoms with van der Waals surface area (Å²) in [6.07, 6.45) is 6.80. The van der Waals surface area contributed by atoms with Crippen LogP contribution in [0.15, 0.2) is 0 Å². The molecule has 36 heavy (non-hydrogen) atoms. The second-order valence-corrected chi connectivity index (χ2v) is 13.8. The Balaban J connectivity index is 0. The van der Waals surface area contributed by atoms with Crippen molar-refractivity contribution in [3.8, 4) is 0 Å². The van der Waals surface area contributed by atoms with E-state index in [4.69, 9.17) is 18.0 Å². The molecule has 0 saturated carbocycles. The molecule has 0 rings (SSSR count). The number of hydrogen-bond acceptors (Lipinski definition) is 5. The van der Waals surface area contributed by atoms with Gasteiger partial charge in [0.05, 0.1) is 19.6 Å². The number of alkyl carbamates (subject to hydrolysis) is 1. The fourth-order valence-corrected chi connectivity index (χ4v) is 6.01. The minimum absolute atomic E-state index is 0.208. The normalized spacial score (nSPS) is 16.2. The molecule has 15 heteroatoms. The van der Waals surface area contributed by atoms with E-state index < -0.39 is 22.7 Å². The van der Waals surface area contributed by atoms with E-state index in [2.05, 4.69) is 26.1 Å². The number of rotatable bonds is 17. The Morgan fingerprint density at radius 3 is 1.39 bits per heavy atom. The summed E-state index contributed by atoms with van der Waals surface area (Å²) in [6, 6.07) is 0. The van der Waals surface area contributed by atoms with Crippen molar-refractivity contribution in [3.05, 3.63) is 0 Å². The maximum absolute atomic E-state index is 12.8. The van der Waals surface area contributed by atoms with Crippen LogP contribution in [-0.4, -0.2) is 72.2 Å². The fourth-order valence-electron chi connectivity index (χ4n) is 3.86. The molecule has 0 aliphatic carbocycles. The van der Waals surface area contributed by atoms with Crippen LogP contribution in [0, 0.1) is 0 Å². The molecule has 222 valence electrons. The third-order valence-electron chi connectivity index (χ3n) is 5.90. The summed E-state index contributed by atoms with van der Waals surface area (Å²) in [5, 5.41) is 2.95. The SMILES string of the molecule is CCCC[N+](CCCC)(CCCC)C(C)OC(=O)NC(CC)[Si](OC)(OC)OC.F[P-](F)(F)(F)(F)F. The average molecular weight is 581 g/mol. The number of carbonyl (C=O) groups is 1. The topological polar surface area (TPSA) is 66.0 Å². The molecule has 0 bridgehead atoms. The zero-order valence-electron chi connectivity index (χ0n) is 22.9. The molecule has 0 radical (unpaired) electrons. The van der Waals surface area contributed by atoms with Gasteiger partial charge < -0.3 is 23.3 Å². The summed E-state index contributed by atoms with van der Waals surface area (Å²) in [7, 11) is -8.98. The number of hydrogen-bond donors (Lipinski definition) is 1. The van der Waals surface area contributed by atoms with Gasteiger partial charge in [0.15, 0.2) is 0 Å². The molecule has 0 spiro atoms. The van der Waals surface area contributed by atoms with Crippen molar-refractivity contribution in [2.75, 3.05) is 41.0 Å². The molecule has 0 aliphatic heterocycles. The first-order chi connectivity index (χ1) is 16.3. The van der Waals surface area contributed by atoms with E-state index in [1.807, 2.05) is 13.8 Å². The molecule has 0 saturated heterocycles. The summed E-state index contributed by atoms with van der Waals surface area (Å²) >= 11 is 0. The molecule has 7 nitrogen and oxygen atoms in total. The van der Waals surface area contributed by atoms with E-state index in [1.54, 1.807) is 21.3 Å². The van der Waals surface area contributed by atoms with Crippen LogP contribution in [0.4, 0.5) is 30.0 Å². The first-order valence-electron chi connectivity index (χ1n) is 12.3. The van der Waals surface area contributed by atoms with Crippen LogP contribution in [-0.2, 0) is 18.0 Å². The van der Waals surface area contributed by atoms with E-state index in [1.165, 1.54) is 0 Å². The molecule has 0 heterocycles. The number of unbranched alkanes of at least 4 members (excludes halogenated alkanes) is 3. The van der Waals surface area contributed by atoms with E-state index in [9.17, 15) is 30.0 Å². The van der Waals surface area contributed by atoms with Gasteiger partial charge in [-0.05, 0) is 25.7 Å². The standard InChI is InChI=1S/C21H46N2O5Si.F6P/c1-9-13-16-23(17-14-10-2,18-15-11-3)19(5)28-21(24)22-20(12-4)29(25-6,26-7)27-8;1-7(2,3,4,5)6/h19-20H,9-18H2,1-8H3;/q;-1/p+1. The Morgan fingerprint density at radius 1 is 0.806 bits per heavy atom. The molecular formula is C21H47F6N2O5PSi. The van der Waals surface area contributed by atoms with Gasteiger partial charge in [0, 0.05) is 28.3 Å². The van der Waals surface area contributed by atoms with Crippen molar-refractivity contribution in [2.24, 2.45) is 0 Å². The summed E-state index contributed by atoms with van der Waals surface area (Å²) in [5.74, 6) is 0. The van der Waals surface area contributed by atoms with Crippen LogP contribution in [0.2, 0.25) is 0 Å². The van der Waals surface area contributed by atoms with Gasteiger partial charge in [-0.15, -0.1) is 0 Å². The van der Waals surface area contributed by atoms with Crippen LogP contribution >= 0.6 is 7.81 Å². The van der Waals surface area contributed by atoms with Crippen molar-refractivity contribution in [3.63, 3.8) is 0 Å². The van der Waals surface area contributed by atoms with Crippen LogP contribution < -0.4 is 5.32 Å². The summed E-state index contributed by atoms with van der Waals surface area (Å²) in [6.45, 7) is 13.8. The number of ether oxygens (including phenoxy) is 1. The number of nitrogens with zero attached hydrogens (tertiary/aromatic N) is 1. The monoisotopic (exact) mass is 580 g/mol. The van der Waals surface area contributed by atoms with Crippen LogP contribution in [0.1, 0.15) is 79.6 Å². The molecule has 2 unspecified atom stereocenters. The number of carbonyl (C=O) groups excluding carboxylic acids is 1. The predicted molar refractivity (Wildman–Crippen MR) is 133 cm³/mol. The predicted octanol–water partition coefficient (Wildman–Crippen LogP) is 7.85. The third-order valence-corrected chi connectivity index (χ3v) is 9.01. The number of nitrogens with one attached hydrogen (secondary N) is 1. The maximum atomic E-state index is 12.8. The number of amides is 1. The zero-order chi connectivity index (χ0) is 28.7. The van der Waals surface area contributed by atoms with E-state index >= 15 is 0 Å². The summed E-state index contributed by atoms with van der Waals surface area (Å²) in [5.41, 5.74) is -0.356. The second-order valence-electron chi connectivity index (χ2n) is 8.73. The molecule has 0 aliphatic rings. The van der Waals surface area contributed by atoms with Crippen molar-refractivity contribution >= 4 is 22.7 Å². The summed E-state index contributed by atoms with van der Waals surface area (Å²) in [4.78, 5) is 12.8. The molecule has 0 aromatic carbocycles. The molecular weight excluding hydrogens is 533 g/mol. The van der Waals surface area contributed by atoms with Gasteiger partial charge in [0.1, 0.15) is 5.67 Å². The van der Waals surface area contributed by atoms with Gasteiger partial charge in [-0.3, -0.25) is 4.48 Å². The third kappa shape index (κ3) is 17.0. The molecule has 1 N–H and O–H groups in total. The van der Waals surface area contributed by atoms with E-state index in [0.717, 1.165) is 62.6 Å². The molecule has 0 fully saturated rings. The summed E-state index contributed by atoms with van der Waals surface area (Å²) < 4.78 is 82.6. The van der Waals surface area contributed by atoms with Gasteiger partial charge in [0.25, 0.3) is 0 Å². The Labute approximate surface area is 213 Å². The quantitative estimate of drug-likeness (QED) is 0.0624.